The van der Waals surface area contributed by atoms with E-state index in [9.17, 15) is 4.79 Å². The zero-order chi connectivity index (χ0) is 17.1. The predicted molar refractivity (Wildman–Crippen MR) is 93.0 cm³/mol. The standard InChI is InChI=1S/C17H24N4OS/c1-10(2)9-21-17(18-19-20-21)23-14(6)16(22)15-8-12(4)11(3)7-13(15)5/h7-8,10,14H,9H2,1-6H3/t14-/m1/s1. The Labute approximate surface area is 141 Å². The number of carbonyl (C=O) groups is 1. The zero-order valence-corrected chi connectivity index (χ0v) is 15.4. The number of aromatic nitrogens is 4. The van der Waals surface area contributed by atoms with E-state index in [1.54, 1.807) is 4.68 Å². The third kappa shape index (κ3) is 4.19. The monoisotopic (exact) mass is 332 g/mol. The number of thioether (sulfide) groups is 1. The van der Waals surface area contributed by atoms with Gasteiger partial charge >= 0.3 is 0 Å². The Kier molecular flexibility index (Phi) is 5.57. The maximum atomic E-state index is 12.8. The van der Waals surface area contributed by atoms with Gasteiger partial charge in [-0.25, -0.2) is 4.68 Å². The van der Waals surface area contributed by atoms with Crippen molar-refractivity contribution in [3.63, 3.8) is 0 Å². The highest BCUT2D eigenvalue weighted by atomic mass is 32.2. The van der Waals surface area contributed by atoms with Crippen LogP contribution in [0.3, 0.4) is 0 Å². The van der Waals surface area contributed by atoms with E-state index in [1.807, 2.05) is 26.8 Å². The van der Waals surface area contributed by atoms with Crippen molar-refractivity contribution in [2.75, 3.05) is 0 Å². The first kappa shape index (κ1) is 17.7. The van der Waals surface area contributed by atoms with Gasteiger partial charge in [0, 0.05) is 12.1 Å². The van der Waals surface area contributed by atoms with Gasteiger partial charge in [-0.3, -0.25) is 4.79 Å². The molecule has 0 saturated heterocycles. The fourth-order valence-corrected chi connectivity index (χ4v) is 3.26. The van der Waals surface area contributed by atoms with Crippen LogP contribution in [0.25, 0.3) is 0 Å². The highest BCUT2D eigenvalue weighted by Gasteiger charge is 2.22. The van der Waals surface area contributed by atoms with Crippen LogP contribution >= 0.6 is 11.8 Å². The molecule has 1 heterocycles. The quantitative estimate of drug-likeness (QED) is 0.597. The van der Waals surface area contributed by atoms with Gasteiger partial charge < -0.3 is 0 Å². The maximum Gasteiger partial charge on any atom is 0.210 e. The van der Waals surface area contributed by atoms with Gasteiger partial charge in [0.1, 0.15) is 0 Å². The first-order valence-electron chi connectivity index (χ1n) is 7.84. The molecule has 2 rings (SSSR count). The third-order valence-corrected chi connectivity index (χ3v) is 4.87. The predicted octanol–water partition coefficient (Wildman–Crippen LogP) is 3.62. The van der Waals surface area contributed by atoms with Gasteiger partial charge in [0.2, 0.25) is 5.16 Å². The lowest BCUT2D eigenvalue weighted by atomic mass is 9.97. The van der Waals surface area contributed by atoms with E-state index in [0.29, 0.717) is 11.1 Å². The van der Waals surface area contributed by atoms with Crippen LogP contribution in [0, 0.1) is 26.7 Å². The number of Topliss-reactive ketones (excluding diaryl/α,β-unsaturated/α-hetero) is 1. The summed E-state index contributed by atoms with van der Waals surface area (Å²) in [7, 11) is 0. The lowest BCUT2D eigenvalue weighted by Gasteiger charge is -2.14. The number of aryl methyl sites for hydroxylation is 3. The molecule has 0 saturated carbocycles. The summed E-state index contributed by atoms with van der Waals surface area (Å²) in [5.41, 5.74) is 4.16. The number of rotatable bonds is 6. The van der Waals surface area contributed by atoms with Gasteiger partial charge in [0.05, 0.1) is 5.25 Å². The molecule has 23 heavy (non-hydrogen) atoms. The molecule has 0 bridgehead atoms. The first-order chi connectivity index (χ1) is 10.8. The van der Waals surface area contributed by atoms with Gasteiger partial charge in [-0.05, 0) is 66.8 Å². The molecule has 6 heteroatoms. The molecule has 0 aliphatic rings. The van der Waals surface area contributed by atoms with Crippen LogP contribution in [-0.2, 0) is 6.54 Å². The van der Waals surface area contributed by atoms with Crippen LogP contribution in [-0.4, -0.2) is 31.2 Å². The van der Waals surface area contributed by atoms with Gasteiger partial charge in [-0.1, -0.05) is 31.7 Å². The minimum atomic E-state index is -0.229. The van der Waals surface area contributed by atoms with E-state index in [4.69, 9.17) is 0 Å². The molecule has 1 aromatic carbocycles. The molecular formula is C17H24N4OS. The van der Waals surface area contributed by atoms with E-state index >= 15 is 0 Å². The van der Waals surface area contributed by atoms with Crippen molar-refractivity contribution in [1.82, 2.24) is 20.2 Å². The van der Waals surface area contributed by atoms with Crippen LogP contribution < -0.4 is 0 Å². The molecule has 0 N–H and O–H groups in total. The summed E-state index contributed by atoms with van der Waals surface area (Å²) < 4.78 is 1.77. The fraction of sp³-hybridized carbons (Fsp3) is 0.529. The average Bonchev–Trinajstić information content (AvgIpc) is 2.88. The minimum Gasteiger partial charge on any atom is -0.293 e. The largest absolute Gasteiger partial charge is 0.293 e. The van der Waals surface area contributed by atoms with Crippen molar-refractivity contribution in [1.29, 1.82) is 0 Å². The zero-order valence-electron chi connectivity index (χ0n) is 14.6. The average molecular weight is 332 g/mol. The summed E-state index contributed by atoms with van der Waals surface area (Å²) in [5.74, 6) is 0.570. The van der Waals surface area contributed by atoms with Crippen LogP contribution in [0.2, 0.25) is 0 Å². The SMILES string of the molecule is Cc1cc(C)c(C(=O)[C@@H](C)Sc2nnnn2CC(C)C)cc1C. The molecule has 1 atom stereocenters. The van der Waals surface area contributed by atoms with Crippen molar-refractivity contribution in [2.24, 2.45) is 5.92 Å². The molecule has 0 amide bonds. The molecular weight excluding hydrogens is 308 g/mol. The Morgan fingerprint density at radius 1 is 1.13 bits per heavy atom. The number of hydrogen-bond donors (Lipinski definition) is 0. The second kappa shape index (κ2) is 7.25. The van der Waals surface area contributed by atoms with Gasteiger partial charge in [0.25, 0.3) is 0 Å². The molecule has 1 aromatic heterocycles. The van der Waals surface area contributed by atoms with E-state index in [0.717, 1.165) is 23.2 Å². The molecule has 124 valence electrons. The molecule has 0 fully saturated rings. The molecule has 2 aromatic rings. The number of ketones is 1. The summed E-state index contributed by atoms with van der Waals surface area (Å²) in [4.78, 5) is 12.8. The normalized spacial score (nSPS) is 12.7. The molecule has 0 aliphatic heterocycles. The van der Waals surface area contributed by atoms with Gasteiger partial charge in [0.15, 0.2) is 5.78 Å². The lowest BCUT2D eigenvalue weighted by Crippen LogP contribution is -2.17. The Morgan fingerprint density at radius 2 is 1.78 bits per heavy atom. The van der Waals surface area contributed by atoms with Gasteiger partial charge in [-0.2, -0.15) is 0 Å². The fourth-order valence-electron chi connectivity index (χ4n) is 2.40. The van der Waals surface area contributed by atoms with E-state index in [2.05, 4.69) is 42.4 Å². The number of benzene rings is 1. The second-order valence-corrected chi connectivity index (χ2v) is 7.72. The number of nitrogens with zero attached hydrogens (tertiary/aromatic N) is 4. The van der Waals surface area contributed by atoms with Crippen LogP contribution in [0.4, 0.5) is 0 Å². The molecule has 0 spiro atoms. The summed E-state index contributed by atoms with van der Waals surface area (Å²) in [6, 6.07) is 4.06. The molecule has 5 nitrogen and oxygen atoms in total. The van der Waals surface area contributed by atoms with E-state index in [1.165, 1.54) is 17.3 Å². The number of carbonyl (C=O) groups excluding carboxylic acids is 1. The van der Waals surface area contributed by atoms with E-state index < -0.39 is 0 Å². The van der Waals surface area contributed by atoms with Crippen molar-refractivity contribution in [3.05, 3.63) is 34.4 Å². The highest BCUT2D eigenvalue weighted by molar-refractivity contribution is 8.00. The maximum absolute atomic E-state index is 12.8. The van der Waals surface area contributed by atoms with E-state index in [-0.39, 0.29) is 11.0 Å². The highest BCUT2D eigenvalue weighted by Crippen LogP contribution is 2.26. The molecule has 0 radical (unpaired) electrons. The Bertz CT molecular complexity index is 709. The topological polar surface area (TPSA) is 60.7 Å². The third-order valence-electron chi connectivity index (χ3n) is 3.79. The Hall–Kier alpha value is -1.69. The molecule has 0 unspecified atom stereocenters. The summed E-state index contributed by atoms with van der Waals surface area (Å²) in [6.07, 6.45) is 0. The summed E-state index contributed by atoms with van der Waals surface area (Å²) >= 11 is 1.42. The lowest BCUT2D eigenvalue weighted by molar-refractivity contribution is 0.0993. The Balaban J connectivity index is 2.18. The van der Waals surface area contributed by atoms with Gasteiger partial charge in [-0.15, -0.1) is 5.10 Å². The summed E-state index contributed by atoms with van der Waals surface area (Å²) in [6.45, 7) is 13.0. The van der Waals surface area contributed by atoms with Crippen LogP contribution in [0.15, 0.2) is 17.3 Å². The van der Waals surface area contributed by atoms with Crippen molar-refractivity contribution in [2.45, 2.75) is 58.5 Å². The Morgan fingerprint density at radius 3 is 2.43 bits per heavy atom. The number of hydrogen-bond acceptors (Lipinski definition) is 5. The van der Waals surface area contributed by atoms with Crippen molar-refractivity contribution < 1.29 is 4.79 Å². The summed E-state index contributed by atoms with van der Waals surface area (Å²) in [5, 5.41) is 12.3. The minimum absolute atomic E-state index is 0.120. The second-order valence-electron chi connectivity index (χ2n) is 6.41. The van der Waals surface area contributed by atoms with Crippen LogP contribution in [0.5, 0.6) is 0 Å². The van der Waals surface area contributed by atoms with Crippen molar-refractivity contribution in [3.8, 4) is 0 Å². The first-order valence-corrected chi connectivity index (χ1v) is 8.72. The van der Waals surface area contributed by atoms with Crippen molar-refractivity contribution >= 4 is 17.5 Å². The number of tetrazole rings is 1. The molecule has 0 aliphatic carbocycles. The smallest absolute Gasteiger partial charge is 0.210 e. The van der Waals surface area contributed by atoms with Crippen LogP contribution in [0.1, 0.15) is 47.8 Å².